The van der Waals surface area contributed by atoms with Crippen molar-refractivity contribution < 1.29 is 0 Å². The fourth-order valence-corrected chi connectivity index (χ4v) is 2.44. The first-order valence-electron chi connectivity index (χ1n) is 4.22. The fourth-order valence-electron chi connectivity index (χ4n) is 1.29. The summed E-state index contributed by atoms with van der Waals surface area (Å²) >= 11 is 1.88. The predicted molar refractivity (Wildman–Crippen MR) is 59.0 cm³/mol. The molecule has 0 spiro atoms. The van der Waals surface area contributed by atoms with Crippen LogP contribution in [0.3, 0.4) is 0 Å². The zero-order valence-electron chi connectivity index (χ0n) is 8.08. The second kappa shape index (κ2) is 4.00. The highest BCUT2D eigenvalue weighted by Crippen LogP contribution is 2.31. The molecule has 0 unspecified atom stereocenters. The third-order valence-electron chi connectivity index (χ3n) is 1.75. The topological polar surface area (TPSA) is 76.8 Å². The van der Waals surface area contributed by atoms with Crippen LogP contribution in [0.1, 0.15) is 20.3 Å². The molecule has 13 heavy (non-hydrogen) atoms. The van der Waals surface area contributed by atoms with Crippen molar-refractivity contribution >= 4 is 23.4 Å². The van der Waals surface area contributed by atoms with E-state index in [0.29, 0.717) is 5.41 Å². The zero-order chi connectivity index (χ0) is 9.90. The van der Waals surface area contributed by atoms with Crippen LogP contribution in [0.15, 0.2) is 10.2 Å². The minimum absolute atomic E-state index is 0.0286. The van der Waals surface area contributed by atoms with Gasteiger partial charge in [-0.3, -0.25) is 0 Å². The van der Waals surface area contributed by atoms with Gasteiger partial charge in [0.25, 0.3) is 0 Å². The highest BCUT2D eigenvalue weighted by atomic mass is 32.2. The molecule has 1 saturated heterocycles. The molecule has 1 aliphatic heterocycles. The average molecular weight is 200 g/mol. The van der Waals surface area contributed by atoms with E-state index in [4.69, 9.17) is 11.5 Å². The Hall–Kier alpha value is -0.710. The summed E-state index contributed by atoms with van der Waals surface area (Å²) in [5.74, 6) is 2.15. The van der Waals surface area contributed by atoms with Gasteiger partial charge < -0.3 is 11.5 Å². The lowest BCUT2D eigenvalue weighted by molar-refractivity contribution is 0.439. The van der Waals surface area contributed by atoms with E-state index < -0.39 is 0 Å². The molecule has 0 aromatic heterocycles. The number of thioether (sulfide) groups is 1. The van der Waals surface area contributed by atoms with Crippen LogP contribution < -0.4 is 11.5 Å². The standard InChI is InChI=1S/C8H16N4S/c1-8(2)3-6(4-13-5-8)11-12-7(9)10/h3-5H2,1-2H3,(H4,9,10,12). The molecule has 4 nitrogen and oxygen atoms in total. The second-order valence-electron chi connectivity index (χ2n) is 4.02. The van der Waals surface area contributed by atoms with E-state index in [2.05, 4.69) is 24.1 Å². The largest absolute Gasteiger partial charge is 0.369 e. The van der Waals surface area contributed by atoms with Crippen molar-refractivity contribution in [2.75, 3.05) is 11.5 Å². The molecule has 0 atom stereocenters. The molecule has 0 amide bonds. The van der Waals surface area contributed by atoms with E-state index in [1.807, 2.05) is 11.8 Å². The summed E-state index contributed by atoms with van der Waals surface area (Å²) in [5.41, 5.74) is 11.8. The lowest BCUT2D eigenvalue weighted by Crippen LogP contribution is -2.27. The van der Waals surface area contributed by atoms with Crippen LogP contribution in [0, 0.1) is 5.41 Å². The lowest BCUT2D eigenvalue weighted by atomic mass is 9.89. The van der Waals surface area contributed by atoms with Gasteiger partial charge in [0.2, 0.25) is 5.96 Å². The van der Waals surface area contributed by atoms with Gasteiger partial charge in [0, 0.05) is 5.75 Å². The van der Waals surface area contributed by atoms with Gasteiger partial charge in [0.15, 0.2) is 0 Å². The summed E-state index contributed by atoms with van der Waals surface area (Å²) in [6, 6.07) is 0. The Morgan fingerprint density at radius 2 is 2.15 bits per heavy atom. The Labute approximate surface area is 82.9 Å². The van der Waals surface area contributed by atoms with Crippen molar-refractivity contribution in [1.29, 1.82) is 0 Å². The van der Waals surface area contributed by atoms with Gasteiger partial charge in [-0.2, -0.15) is 16.9 Å². The van der Waals surface area contributed by atoms with Gasteiger partial charge in [-0.1, -0.05) is 13.8 Å². The third kappa shape index (κ3) is 3.67. The van der Waals surface area contributed by atoms with Gasteiger partial charge in [-0.05, 0) is 17.6 Å². The van der Waals surface area contributed by atoms with E-state index in [1.54, 1.807) is 0 Å². The molecule has 1 rings (SSSR count). The molecular weight excluding hydrogens is 184 g/mol. The molecule has 1 fully saturated rings. The second-order valence-corrected chi connectivity index (χ2v) is 5.01. The maximum absolute atomic E-state index is 5.19. The average Bonchev–Trinajstić information content (AvgIpc) is 1.99. The summed E-state index contributed by atoms with van der Waals surface area (Å²) in [4.78, 5) is 0. The molecule has 0 aromatic rings. The molecule has 5 heteroatoms. The van der Waals surface area contributed by atoms with Gasteiger partial charge in [-0.25, -0.2) is 0 Å². The van der Waals surface area contributed by atoms with E-state index in [9.17, 15) is 0 Å². The van der Waals surface area contributed by atoms with Crippen LogP contribution in [0.5, 0.6) is 0 Å². The maximum atomic E-state index is 5.19. The molecule has 0 bridgehead atoms. The SMILES string of the molecule is CC1(C)CSCC(=NN=C(N)N)C1. The molecule has 74 valence electrons. The summed E-state index contributed by atoms with van der Waals surface area (Å²) in [7, 11) is 0. The maximum Gasteiger partial charge on any atom is 0.211 e. The van der Waals surface area contributed by atoms with Crippen molar-refractivity contribution in [2.45, 2.75) is 20.3 Å². The first-order chi connectivity index (χ1) is 5.99. The molecule has 1 heterocycles. The van der Waals surface area contributed by atoms with E-state index in [1.165, 1.54) is 5.75 Å². The molecule has 0 aliphatic carbocycles. The van der Waals surface area contributed by atoms with Gasteiger partial charge >= 0.3 is 0 Å². The molecule has 0 saturated carbocycles. The molecule has 4 N–H and O–H groups in total. The lowest BCUT2D eigenvalue weighted by Gasteiger charge is -2.29. The third-order valence-corrected chi connectivity index (χ3v) is 3.27. The number of nitrogens with two attached hydrogens (primary N) is 2. The number of rotatable bonds is 1. The van der Waals surface area contributed by atoms with Crippen LogP contribution in [-0.2, 0) is 0 Å². The summed E-state index contributed by atoms with van der Waals surface area (Å²) in [6.45, 7) is 4.45. The molecule has 0 aromatic carbocycles. The first-order valence-corrected chi connectivity index (χ1v) is 5.37. The molecule has 0 radical (unpaired) electrons. The van der Waals surface area contributed by atoms with Crippen molar-refractivity contribution in [1.82, 2.24) is 0 Å². The first kappa shape index (κ1) is 10.4. The van der Waals surface area contributed by atoms with Crippen molar-refractivity contribution in [3.63, 3.8) is 0 Å². The normalized spacial score (nSPS) is 24.3. The monoisotopic (exact) mass is 200 g/mol. The quantitative estimate of drug-likeness (QED) is 0.373. The Kier molecular flexibility index (Phi) is 3.19. The summed E-state index contributed by atoms with van der Waals surface area (Å²) < 4.78 is 0. The number of hydrogen-bond donors (Lipinski definition) is 2. The number of nitrogens with zero attached hydrogens (tertiary/aromatic N) is 2. The smallest absolute Gasteiger partial charge is 0.211 e. The highest BCUT2D eigenvalue weighted by molar-refractivity contribution is 8.00. The van der Waals surface area contributed by atoms with E-state index in [0.717, 1.165) is 17.9 Å². The van der Waals surface area contributed by atoms with Crippen molar-refractivity contribution in [3.8, 4) is 0 Å². The predicted octanol–water partition coefficient (Wildman–Crippen LogP) is 0.779. The van der Waals surface area contributed by atoms with Crippen LogP contribution in [0.4, 0.5) is 0 Å². The van der Waals surface area contributed by atoms with Gasteiger partial charge in [0.1, 0.15) is 0 Å². The van der Waals surface area contributed by atoms with Crippen molar-refractivity contribution in [2.24, 2.45) is 27.1 Å². The Morgan fingerprint density at radius 1 is 1.46 bits per heavy atom. The molecular formula is C8H16N4S. The Morgan fingerprint density at radius 3 is 2.69 bits per heavy atom. The summed E-state index contributed by atoms with van der Waals surface area (Å²) in [5, 5.41) is 7.67. The van der Waals surface area contributed by atoms with Gasteiger partial charge in [0.05, 0.1) is 5.71 Å². The Bertz CT molecular complexity index is 241. The van der Waals surface area contributed by atoms with Crippen LogP contribution >= 0.6 is 11.8 Å². The highest BCUT2D eigenvalue weighted by Gasteiger charge is 2.25. The summed E-state index contributed by atoms with van der Waals surface area (Å²) in [6.07, 6.45) is 0.983. The fraction of sp³-hybridized carbons (Fsp3) is 0.750. The number of hydrogen-bond acceptors (Lipinski definition) is 3. The van der Waals surface area contributed by atoms with E-state index in [-0.39, 0.29) is 5.96 Å². The van der Waals surface area contributed by atoms with Crippen molar-refractivity contribution in [3.05, 3.63) is 0 Å². The van der Waals surface area contributed by atoms with E-state index >= 15 is 0 Å². The van der Waals surface area contributed by atoms with Crippen LogP contribution in [0.2, 0.25) is 0 Å². The van der Waals surface area contributed by atoms with Gasteiger partial charge in [-0.15, -0.1) is 5.10 Å². The minimum atomic E-state index is 0.0286. The number of guanidine groups is 1. The zero-order valence-corrected chi connectivity index (χ0v) is 8.90. The molecule has 1 aliphatic rings. The van der Waals surface area contributed by atoms with Crippen LogP contribution in [-0.4, -0.2) is 23.2 Å². The Balaban J connectivity index is 2.62. The minimum Gasteiger partial charge on any atom is -0.369 e. The van der Waals surface area contributed by atoms with Crippen LogP contribution in [0.25, 0.3) is 0 Å².